The first-order valence-electron chi connectivity index (χ1n) is 4.77. The summed E-state index contributed by atoms with van der Waals surface area (Å²) in [5.41, 5.74) is 1.92. The van der Waals surface area contributed by atoms with Gasteiger partial charge < -0.3 is 0 Å². The van der Waals surface area contributed by atoms with Gasteiger partial charge in [0.25, 0.3) is 0 Å². The lowest BCUT2D eigenvalue weighted by Crippen LogP contribution is -2.19. The highest BCUT2D eigenvalue weighted by Gasteiger charge is 2.23. The van der Waals surface area contributed by atoms with E-state index in [9.17, 15) is 4.39 Å². The minimum Gasteiger partial charge on any atom is -0.299 e. The Bertz CT molecular complexity index is 378. The van der Waals surface area contributed by atoms with Gasteiger partial charge in [0, 0.05) is 6.04 Å². The van der Waals surface area contributed by atoms with Crippen LogP contribution in [-0.2, 0) is 6.42 Å². The number of nitrogens with one attached hydrogen (secondary N) is 1. The molecule has 2 rings (SSSR count). The average molecular weight is 189 g/mol. The van der Waals surface area contributed by atoms with Gasteiger partial charge in [0.2, 0.25) is 0 Å². The molecule has 0 saturated heterocycles. The molecular weight excluding hydrogens is 177 g/mol. The van der Waals surface area contributed by atoms with E-state index in [1.165, 1.54) is 6.07 Å². The van der Waals surface area contributed by atoms with Gasteiger partial charge in [-0.25, -0.2) is 4.39 Å². The van der Waals surface area contributed by atoms with E-state index >= 15 is 0 Å². The number of terminal acetylenes is 1. The summed E-state index contributed by atoms with van der Waals surface area (Å²) in [5.74, 6) is 2.44. The van der Waals surface area contributed by atoms with Crippen molar-refractivity contribution in [2.24, 2.45) is 0 Å². The molecule has 1 aliphatic rings. The van der Waals surface area contributed by atoms with Gasteiger partial charge in [-0.3, -0.25) is 5.32 Å². The fraction of sp³-hybridized carbons (Fsp3) is 0.333. The van der Waals surface area contributed by atoms with E-state index in [0.717, 1.165) is 24.0 Å². The van der Waals surface area contributed by atoms with Crippen molar-refractivity contribution >= 4 is 0 Å². The Labute approximate surface area is 83.3 Å². The largest absolute Gasteiger partial charge is 0.299 e. The molecular formula is C12H12FN. The maximum Gasteiger partial charge on any atom is 0.126 e. The second kappa shape index (κ2) is 3.81. The first-order valence-corrected chi connectivity index (χ1v) is 4.77. The highest BCUT2D eigenvalue weighted by molar-refractivity contribution is 5.35. The van der Waals surface area contributed by atoms with Gasteiger partial charge in [-0.05, 0) is 30.0 Å². The van der Waals surface area contributed by atoms with Gasteiger partial charge in [-0.15, -0.1) is 6.42 Å². The Balaban J connectivity index is 2.23. The van der Waals surface area contributed by atoms with Gasteiger partial charge >= 0.3 is 0 Å². The fourth-order valence-electron chi connectivity index (χ4n) is 2.00. The zero-order valence-corrected chi connectivity index (χ0v) is 7.89. The molecule has 0 unspecified atom stereocenters. The molecule has 0 fully saturated rings. The summed E-state index contributed by atoms with van der Waals surface area (Å²) >= 11 is 0. The molecule has 1 N–H and O–H groups in total. The Hall–Kier alpha value is -1.33. The van der Waals surface area contributed by atoms with Gasteiger partial charge in [-0.2, -0.15) is 0 Å². The van der Waals surface area contributed by atoms with E-state index < -0.39 is 0 Å². The summed E-state index contributed by atoms with van der Waals surface area (Å²) in [6.07, 6.45) is 6.92. The van der Waals surface area contributed by atoms with Crippen molar-refractivity contribution in [3.8, 4) is 12.3 Å². The van der Waals surface area contributed by atoms with Gasteiger partial charge in [0.1, 0.15) is 5.82 Å². The lowest BCUT2D eigenvalue weighted by atomic mass is 10.1. The SMILES string of the molecule is C#CCN[C@@H]1CCc2c(F)cccc21. The lowest BCUT2D eigenvalue weighted by Gasteiger charge is -2.11. The van der Waals surface area contributed by atoms with Crippen LogP contribution >= 0.6 is 0 Å². The van der Waals surface area contributed by atoms with Crippen LogP contribution in [0.15, 0.2) is 18.2 Å². The first-order chi connectivity index (χ1) is 6.83. The molecule has 1 aliphatic carbocycles. The maximum atomic E-state index is 13.3. The summed E-state index contributed by atoms with van der Waals surface area (Å²) in [6, 6.07) is 5.48. The second-order valence-electron chi connectivity index (χ2n) is 3.48. The molecule has 2 heteroatoms. The number of hydrogen-bond donors (Lipinski definition) is 1. The summed E-state index contributed by atoms with van der Waals surface area (Å²) in [7, 11) is 0. The second-order valence-corrected chi connectivity index (χ2v) is 3.48. The van der Waals surface area contributed by atoms with E-state index in [1.807, 2.05) is 6.07 Å². The third-order valence-electron chi connectivity index (χ3n) is 2.66. The van der Waals surface area contributed by atoms with Crippen molar-refractivity contribution in [2.75, 3.05) is 6.54 Å². The van der Waals surface area contributed by atoms with Crippen LogP contribution in [0.4, 0.5) is 4.39 Å². The number of benzene rings is 1. The van der Waals surface area contributed by atoms with Crippen molar-refractivity contribution in [1.29, 1.82) is 0 Å². The first kappa shape index (κ1) is 9.23. The Kier molecular flexibility index (Phi) is 2.51. The average Bonchev–Trinajstić information content (AvgIpc) is 2.60. The van der Waals surface area contributed by atoms with E-state index in [0.29, 0.717) is 6.54 Å². The van der Waals surface area contributed by atoms with Gasteiger partial charge in [0.15, 0.2) is 0 Å². The van der Waals surface area contributed by atoms with Crippen molar-refractivity contribution in [3.63, 3.8) is 0 Å². The summed E-state index contributed by atoms with van der Waals surface area (Å²) in [4.78, 5) is 0. The van der Waals surface area contributed by atoms with E-state index in [1.54, 1.807) is 6.07 Å². The van der Waals surface area contributed by atoms with Crippen LogP contribution in [0, 0.1) is 18.2 Å². The smallest absolute Gasteiger partial charge is 0.126 e. The van der Waals surface area contributed by atoms with Crippen LogP contribution in [0.2, 0.25) is 0 Å². The zero-order chi connectivity index (χ0) is 9.97. The predicted molar refractivity (Wildman–Crippen MR) is 54.3 cm³/mol. The molecule has 14 heavy (non-hydrogen) atoms. The molecule has 1 aromatic carbocycles. The van der Waals surface area contributed by atoms with E-state index in [-0.39, 0.29) is 11.9 Å². The van der Waals surface area contributed by atoms with E-state index in [2.05, 4.69) is 11.2 Å². The van der Waals surface area contributed by atoms with Crippen molar-refractivity contribution in [1.82, 2.24) is 5.32 Å². The summed E-state index contributed by atoms with van der Waals surface area (Å²) < 4.78 is 13.3. The monoisotopic (exact) mass is 189 g/mol. The van der Waals surface area contributed by atoms with E-state index in [4.69, 9.17) is 6.42 Å². The third-order valence-corrected chi connectivity index (χ3v) is 2.66. The summed E-state index contributed by atoms with van der Waals surface area (Å²) in [5, 5.41) is 3.21. The van der Waals surface area contributed by atoms with Crippen molar-refractivity contribution in [3.05, 3.63) is 35.1 Å². The maximum absolute atomic E-state index is 13.3. The molecule has 0 radical (unpaired) electrons. The molecule has 0 bridgehead atoms. The van der Waals surface area contributed by atoms with Crippen LogP contribution in [-0.4, -0.2) is 6.54 Å². The standard InChI is InChI=1S/C12H12FN/c1-2-8-14-12-7-6-9-10(12)4-3-5-11(9)13/h1,3-5,12,14H,6-8H2/t12-/m1/s1. The van der Waals surface area contributed by atoms with Crippen LogP contribution in [0.25, 0.3) is 0 Å². The zero-order valence-electron chi connectivity index (χ0n) is 7.89. The molecule has 1 atom stereocenters. The van der Waals surface area contributed by atoms with Crippen LogP contribution < -0.4 is 5.32 Å². The predicted octanol–water partition coefficient (Wildman–Crippen LogP) is 2.04. The number of fused-ring (bicyclic) bond motifs is 1. The summed E-state index contributed by atoms with van der Waals surface area (Å²) in [6.45, 7) is 0.542. The minimum atomic E-state index is -0.0903. The Morgan fingerprint density at radius 1 is 1.57 bits per heavy atom. The molecule has 0 aromatic heterocycles. The van der Waals surface area contributed by atoms with Gasteiger partial charge in [0.05, 0.1) is 6.54 Å². The van der Waals surface area contributed by atoms with Crippen LogP contribution in [0.5, 0.6) is 0 Å². The fourth-order valence-corrected chi connectivity index (χ4v) is 2.00. The molecule has 0 amide bonds. The van der Waals surface area contributed by atoms with Crippen LogP contribution in [0.3, 0.4) is 0 Å². The topological polar surface area (TPSA) is 12.0 Å². The lowest BCUT2D eigenvalue weighted by molar-refractivity contribution is 0.568. The highest BCUT2D eigenvalue weighted by Crippen LogP contribution is 2.32. The molecule has 0 saturated carbocycles. The number of hydrogen-bond acceptors (Lipinski definition) is 1. The van der Waals surface area contributed by atoms with Crippen LogP contribution in [0.1, 0.15) is 23.6 Å². The molecule has 0 heterocycles. The number of halogens is 1. The number of rotatable bonds is 2. The molecule has 1 nitrogen and oxygen atoms in total. The van der Waals surface area contributed by atoms with Crippen molar-refractivity contribution < 1.29 is 4.39 Å². The van der Waals surface area contributed by atoms with Gasteiger partial charge in [-0.1, -0.05) is 18.1 Å². The van der Waals surface area contributed by atoms with Crippen molar-refractivity contribution in [2.45, 2.75) is 18.9 Å². The third kappa shape index (κ3) is 1.51. The molecule has 0 spiro atoms. The quantitative estimate of drug-likeness (QED) is 0.702. The highest BCUT2D eigenvalue weighted by atomic mass is 19.1. The molecule has 1 aromatic rings. The normalized spacial score (nSPS) is 19.0. The Morgan fingerprint density at radius 2 is 2.43 bits per heavy atom. The Morgan fingerprint density at radius 3 is 3.21 bits per heavy atom. The minimum absolute atomic E-state index is 0.0903. The molecule has 0 aliphatic heterocycles. The molecule has 72 valence electrons.